The van der Waals surface area contributed by atoms with Gasteiger partial charge in [-0.15, -0.1) is 10.2 Å². The predicted octanol–water partition coefficient (Wildman–Crippen LogP) is 4.25. The lowest BCUT2D eigenvalue weighted by molar-refractivity contribution is 0.261. The molecule has 0 fully saturated rings. The van der Waals surface area contributed by atoms with Crippen LogP contribution in [0.25, 0.3) is 11.5 Å². The van der Waals surface area contributed by atoms with Crippen molar-refractivity contribution in [2.45, 2.75) is 27.4 Å². The highest BCUT2D eigenvalue weighted by molar-refractivity contribution is 5.62. The van der Waals surface area contributed by atoms with Crippen LogP contribution >= 0.6 is 0 Å². The molecule has 124 valence electrons. The fourth-order valence-electron chi connectivity index (χ4n) is 2.52. The summed E-state index contributed by atoms with van der Waals surface area (Å²) in [7, 11) is 1.61. The van der Waals surface area contributed by atoms with Gasteiger partial charge in [-0.25, -0.2) is 0 Å². The van der Waals surface area contributed by atoms with Crippen molar-refractivity contribution in [3.8, 4) is 23.0 Å². The van der Waals surface area contributed by atoms with Crippen LogP contribution in [0.4, 0.5) is 0 Å². The van der Waals surface area contributed by atoms with Crippen LogP contribution < -0.4 is 9.47 Å². The van der Waals surface area contributed by atoms with E-state index >= 15 is 0 Å². The summed E-state index contributed by atoms with van der Waals surface area (Å²) in [6.45, 7) is 6.36. The molecule has 3 rings (SSSR count). The Labute approximate surface area is 141 Å². The van der Waals surface area contributed by atoms with Gasteiger partial charge < -0.3 is 13.9 Å². The van der Waals surface area contributed by atoms with E-state index in [1.54, 1.807) is 7.11 Å². The van der Waals surface area contributed by atoms with Crippen LogP contribution in [-0.4, -0.2) is 17.3 Å². The molecule has 5 heteroatoms. The van der Waals surface area contributed by atoms with Gasteiger partial charge in [0.25, 0.3) is 11.8 Å². The number of aromatic nitrogens is 2. The van der Waals surface area contributed by atoms with E-state index in [-0.39, 0.29) is 6.61 Å². The highest BCUT2D eigenvalue weighted by Gasteiger charge is 2.14. The highest BCUT2D eigenvalue weighted by atomic mass is 16.5. The summed E-state index contributed by atoms with van der Waals surface area (Å²) in [5, 5.41) is 8.16. The zero-order valence-electron chi connectivity index (χ0n) is 14.3. The minimum absolute atomic E-state index is 0.229. The molecule has 0 saturated heterocycles. The van der Waals surface area contributed by atoms with Crippen molar-refractivity contribution in [2.75, 3.05) is 7.11 Å². The number of hydrogen-bond donors (Lipinski definition) is 0. The lowest BCUT2D eigenvalue weighted by Gasteiger charge is -2.12. The van der Waals surface area contributed by atoms with Gasteiger partial charge in [-0.1, -0.05) is 24.3 Å². The van der Waals surface area contributed by atoms with Crippen molar-refractivity contribution in [3.05, 3.63) is 59.0 Å². The largest absolute Gasteiger partial charge is 0.496 e. The normalized spacial score (nSPS) is 10.7. The summed E-state index contributed by atoms with van der Waals surface area (Å²) in [4.78, 5) is 0. The second-order valence-corrected chi connectivity index (χ2v) is 5.64. The Balaban J connectivity index is 1.79. The molecule has 1 heterocycles. The second kappa shape index (κ2) is 6.74. The summed E-state index contributed by atoms with van der Waals surface area (Å²) in [6, 6.07) is 11.7. The minimum Gasteiger partial charge on any atom is -0.496 e. The van der Waals surface area contributed by atoms with Crippen LogP contribution in [-0.2, 0) is 6.61 Å². The van der Waals surface area contributed by atoms with Gasteiger partial charge in [0.15, 0.2) is 6.61 Å². The van der Waals surface area contributed by atoms with Crippen molar-refractivity contribution < 1.29 is 13.9 Å². The number of benzene rings is 2. The van der Waals surface area contributed by atoms with Crippen molar-refractivity contribution in [1.29, 1.82) is 0 Å². The maximum Gasteiger partial charge on any atom is 0.254 e. The summed E-state index contributed by atoms with van der Waals surface area (Å²) in [5.41, 5.74) is 4.17. The van der Waals surface area contributed by atoms with E-state index in [9.17, 15) is 0 Å². The molecule has 0 bridgehead atoms. The minimum atomic E-state index is 0.229. The van der Waals surface area contributed by atoms with E-state index in [1.165, 1.54) is 5.56 Å². The summed E-state index contributed by atoms with van der Waals surface area (Å²) < 4.78 is 17.0. The van der Waals surface area contributed by atoms with Gasteiger partial charge in [0.2, 0.25) is 0 Å². The molecule has 0 spiro atoms. The van der Waals surface area contributed by atoms with Crippen LogP contribution in [0.5, 0.6) is 11.5 Å². The van der Waals surface area contributed by atoms with E-state index in [0.29, 0.717) is 17.5 Å². The predicted molar refractivity (Wildman–Crippen MR) is 91.3 cm³/mol. The Bertz CT molecular complexity index is 856. The molecule has 0 aliphatic rings. The zero-order valence-corrected chi connectivity index (χ0v) is 14.3. The third-order valence-electron chi connectivity index (χ3n) is 4.02. The van der Waals surface area contributed by atoms with Crippen molar-refractivity contribution in [3.63, 3.8) is 0 Å². The third kappa shape index (κ3) is 3.11. The maximum atomic E-state index is 5.91. The molecule has 24 heavy (non-hydrogen) atoms. The quantitative estimate of drug-likeness (QED) is 0.702. The van der Waals surface area contributed by atoms with E-state index in [1.807, 2.05) is 44.2 Å². The van der Waals surface area contributed by atoms with Crippen LogP contribution in [0.15, 0.2) is 40.8 Å². The van der Waals surface area contributed by atoms with Gasteiger partial charge in [-0.3, -0.25) is 0 Å². The Morgan fingerprint density at radius 3 is 2.50 bits per heavy atom. The lowest BCUT2D eigenvalue weighted by Crippen LogP contribution is -2.00. The van der Waals surface area contributed by atoms with Gasteiger partial charge in [0.1, 0.15) is 11.5 Å². The van der Waals surface area contributed by atoms with Crippen LogP contribution in [0.2, 0.25) is 0 Å². The molecule has 0 saturated carbocycles. The van der Waals surface area contributed by atoms with Crippen LogP contribution in [0, 0.1) is 20.8 Å². The van der Waals surface area contributed by atoms with Crippen LogP contribution in [0.3, 0.4) is 0 Å². The number of ether oxygens (including phenoxy) is 2. The molecule has 0 atom stereocenters. The van der Waals surface area contributed by atoms with Crippen molar-refractivity contribution >= 4 is 0 Å². The Morgan fingerprint density at radius 1 is 0.958 bits per heavy atom. The smallest absolute Gasteiger partial charge is 0.254 e. The Hall–Kier alpha value is -2.82. The topological polar surface area (TPSA) is 57.4 Å². The highest BCUT2D eigenvalue weighted by Crippen LogP contribution is 2.29. The molecule has 2 aromatic carbocycles. The Kier molecular flexibility index (Phi) is 4.51. The Morgan fingerprint density at radius 2 is 1.71 bits per heavy atom. The number of aryl methyl sites for hydroxylation is 2. The summed E-state index contributed by atoms with van der Waals surface area (Å²) in [6.07, 6.45) is 0. The third-order valence-corrected chi connectivity index (χ3v) is 4.02. The second-order valence-electron chi connectivity index (χ2n) is 5.64. The molecule has 0 unspecified atom stereocenters. The fourth-order valence-corrected chi connectivity index (χ4v) is 2.52. The molecule has 0 radical (unpaired) electrons. The van der Waals surface area contributed by atoms with E-state index in [0.717, 1.165) is 22.4 Å². The molecule has 0 N–H and O–H groups in total. The van der Waals surface area contributed by atoms with Gasteiger partial charge in [-0.05, 0) is 49.6 Å². The SMILES string of the molecule is COc1ccccc1-c1nnc(COc2c(C)ccc(C)c2C)o1. The van der Waals surface area contributed by atoms with Gasteiger partial charge in [-0.2, -0.15) is 0 Å². The first kappa shape index (κ1) is 16.1. The standard InChI is InChI=1S/C19H20N2O3/c1-12-9-10-13(2)18(14(12)3)23-11-17-20-21-19(24-17)15-7-5-6-8-16(15)22-4/h5-10H,11H2,1-4H3. The fraction of sp³-hybridized carbons (Fsp3) is 0.263. The molecule has 1 aromatic heterocycles. The first-order valence-corrected chi connectivity index (χ1v) is 7.75. The molecule has 0 amide bonds. The van der Waals surface area contributed by atoms with E-state index < -0.39 is 0 Å². The monoisotopic (exact) mass is 324 g/mol. The number of methoxy groups -OCH3 is 1. The molecule has 3 aromatic rings. The number of nitrogens with zero attached hydrogens (tertiary/aromatic N) is 2. The van der Waals surface area contributed by atoms with E-state index in [2.05, 4.69) is 23.2 Å². The zero-order chi connectivity index (χ0) is 17.1. The first-order chi connectivity index (χ1) is 11.6. The van der Waals surface area contributed by atoms with Crippen LogP contribution in [0.1, 0.15) is 22.6 Å². The van der Waals surface area contributed by atoms with E-state index in [4.69, 9.17) is 13.9 Å². The van der Waals surface area contributed by atoms with Gasteiger partial charge in [0, 0.05) is 0 Å². The average Bonchev–Trinajstić information content (AvgIpc) is 3.07. The molecule has 0 aliphatic carbocycles. The molecule has 0 aliphatic heterocycles. The lowest BCUT2D eigenvalue weighted by atomic mass is 10.1. The number of hydrogen-bond acceptors (Lipinski definition) is 5. The first-order valence-electron chi connectivity index (χ1n) is 7.75. The summed E-state index contributed by atoms with van der Waals surface area (Å²) in [5.74, 6) is 2.41. The maximum absolute atomic E-state index is 5.91. The molecule has 5 nitrogen and oxygen atoms in total. The van der Waals surface area contributed by atoms with Crippen molar-refractivity contribution in [1.82, 2.24) is 10.2 Å². The van der Waals surface area contributed by atoms with Crippen molar-refractivity contribution in [2.24, 2.45) is 0 Å². The van der Waals surface area contributed by atoms with Gasteiger partial charge >= 0.3 is 0 Å². The van der Waals surface area contributed by atoms with Gasteiger partial charge in [0.05, 0.1) is 12.7 Å². The number of rotatable bonds is 5. The number of para-hydroxylation sites is 1. The molecular formula is C19H20N2O3. The average molecular weight is 324 g/mol. The molecular weight excluding hydrogens is 304 g/mol. The summed E-state index contributed by atoms with van der Waals surface area (Å²) >= 11 is 0.